The molecule has 3 rings (SSSR count). The van der Waals surface area contributed by atoms with Crippen molar-refractivity contribution in [2.75, 3.05) is 26.2 Å². The van der Waals surface area contributed by atoms with Crippen molar-refractivity contribution in [1.29, 1.82) is 0 Å². The zero-order valence-electron chi connectivity index (χ0n) is 12.3. The molecule has 0 radical (unpaired) electrons. The van der Waals surface area contributed by atoms with Crippen molar-refractivity contribution >= 4 is 0 Å². The van der Waals surface area contributed by atoms with E-state index in [1.165, 1.54) is 19.4 Å². The van der Waals surface area contributed by atoms with Gasteiger partial charge < -0.3 is 14.8 Å². The maximum absolute atomic E-state index is 6.00. The Labute approximate surface area is 116 Å². The average Bonchev–Trinajstić information content (AvgIpc) is 2.82. The highest BCUT2D eigenvalue weighted by molar-refractivity contribution is 4.87. The van der Waals surface area contributed by atoms with Gasteiger partial charge >= 0.3 is 0 Å². The smallest absolute Gasteiger partial charge is 0.0827 e. The lowest BCUT2D eigenvalue weighted by molar-refractivity contribution is -0.0598. The van der Waals surface area contributed by atoms with E-state index in [0.717, 1.165) is 32.5 Å². The van der Waals surface area contributed by atoms with Gasteiger partial charge in [0.25, 0.3) is 0 Å². The van der Waals surface area contributed by atoms with Gasteiger partial charge in [0.1, 0.15) is 0 Å². The van der Waals surface area contributed by atoms with E-state index >= 15 is 0 Å². The SMILES string of the molecule is CC1CC(NCC2CN3CCCC3CO2)CC(C)O1. The third-order valence-electron chi connectivity index (χ3n) is 4.79. The van der Waals surface area contributed by atoms with Crippen molar-refractivity contribution in [2.45, 2.75) is 69.9 Å². The molecule has 4 unspecified atom stereocenters. The van der Waals surface area contributed by atoms with Crippen LogP contribution in [-0.4, -0.2) is 61.5 Å². The highest BCUT2D eigenvalue weighted by atomic mass is 16.5. The summed E-state index contributed by atoms with van der Waals surface area (Å²) in [6, 6.07) is 1.30. The molecule has 0 aromatic carbocycles. The number of hydrogen-bond donors (Lipinski definition) is 1. The summed E-state index contributed by atoms with van der Waals surface area (Å²) in [4.78, 5) is 2.62. The summed E-state index contributed by atoms with van der Waals surface area (Å²) < 4.78 is 11.8. The monoisotopic (exact) mass is 268 g/mol. The summed E-state index contributed by atoms with van der Waals surface area (Å²) in [5, 5.41) is 3.70. The normalized spacial score (nSPS) is 44.2. The molecule has 19 heavy (non-hydrogen) atoms. The summed E-state index contributed by atoms with van der Waals surface area (Å²) in [5.41, 5.74) is 0. The zero-order valence-corrected chi connectivity index (χ0v) is 12.3. The molecule has 4 nitrogen and oxygen atoms in total. The first kappa shape index (κ1) is 13.8. The number of rotatable bonds is 3. The average molecular weight is 268 g/mol. The maximum Gasteiger partial charge on any atom is 0.0827 e. The van der Waals surface area contributed by atoms with E-state index < -0.39 is 0 Å². The fraction of sp³-hybridized carbons (Fsp3) is 1.00. The number of fused-ring (bicyclic) bond motifs is 1. The van der Waals surface area contributed by atoms with E-state index in [1.807, 2.05) is 0 Å². The van der Waals surface area contributed by atoms with E-state index in [2.05, 4.69) is 24.1 Å². The van der Waals surface area contributed by atoms with E-state index in [0.29, 0.717) is 30.4 Å². The number of nitrogens with zero attached hydrogens (tertiary/aromatic N) is 1. The van der Waals surface area contributed by atoms with Crippen LogP contribution in [0.4, 0.5) is 0 Å². The Bertz CT molecular complexity index is 290. The minimum absolute atomic E-state index is 0.378. The molecule has 3 heterocycles. The van der Waals surface area contributed by atoms with Crippen molar-refractivity contribution in [3.8, 4) is 0 Å². The second kappa shape index (κ2) is 6.08. The second-order valence-corrected chi connectivity index (χ2v) is 6.58. The van der Waals surface area contributed by atoms with Crippen LogP contribution < -0.4 is 5.32 Å². The van der Waals surface area contributed by atoms with Crippen LogP contribution in [0.25, 0.3) is 0 Å². The Balaban J connectivity index is 1.42. The molecule has 0 aromatic rings. The van der Waals surface area contributed by atoms with E-state index in [-0.39, 0.29) is 0 Å². The van der Waals surface area contributed by atoms with Crippen LogP contribution in [0.5, 0.6) is 0 Å². The molecule has 0 aromatic heterocycles. The van der Waals surface area contributed by atoms with Crippen molar-refractivity contribution in [1.82, 2.24) is 10.2 Å². The molecule has 3 aliphatic heterocycles. The van der Waals surface area contributed by atoms with Crippen LogP contribution in [0.2, 0.25) is 0 Å². The highest BCUT2D eigenvalue weighted by Gasteiger charge is 2.32. The van der Waals surface area contributed by atoms with Gasteiger partial charge in [-0.15, -0.1) is 0 Å². The molecule has 4 atom stereocenters. The van der Waals surface area contributed by atoms with Gasteiger partial charge in [-0.05, 0) is 46.1 Å². The fourth-order valence-electron chi connectivity index (χ4n) is 3.88. The molecule has 3 saturated heterocycles. The Kier molecular flexibility index (Phi) is 4.42. The third-order valence-corrected chi connectivity index (χ3v) is 4.79. The van der Waals surface area contributed by atoms with Gasteiger partial charge in [0.15, 0.2) is 0 Å². The maximum atomic E-state index is 6.00. The summed E-state index contributed by atoms with van der Waals surface area (Å²) in [6.45, 7) is 8.68. The van der Waals surface area contributed by atoms with Crippen molar-refractivity contribution in [2.24, 2.45) is 0 Å². The summed E-state index contributed by atoms with van der Waals surface area (Å²) in [7, 11) is 0. The lowest BCUT2D eigenvalue weighted by Crippen LogP contribution is -2.51. The van der Waals surface area contributed by atoms with Gasteiger partial charge in [-0.25, -0.2) is 0 Å². The van der Waals surface area contributed by atoms with E-state index in [1.54, 1.807) is 0 Å². The topological polar surface area (TPSA) is 33.7 Å². The Hall–Kier alpha value is -0.160. The minimum atomic E-state index is 0.378. The molecule has 0 aliphatic carbocycles. The molecule has 0 amide bonds. The van der Waals surface area contributed by atoms with Gasteiger partial charge in [0.2, 0.25) is 0 Å². The molecular weight excluding hydrogens is 240 g/mol. The van der Waals surface area contributed by atoms with E-state index in [4.69, 9.17) is 9.47 Å². The van der Waals surface area contributed by atoms with E-state index in [9.17, 15) is 0 Å². The predicted octanol–water partition coefficient (Wildman–Crippen LogP) is 1.40. The van der Waals surface area contributed by atoms with Crippen LogP contribution in [-0.2, 0) is 9.47 Å². The lowest BCUT2D eigenvalue weighted by atomic mass is 9.99. The molecule has 4 heteroatoms. The molecule has 0 saturated carbocycles. The minimum Gasteiger partial charge on any atom is -0.375 e. The second-order valence-electron chi connectivity index (χ2n) is 6.58. The van der Waals surface area contributed by atoms with Crippen LogP contribution in [0.3, 0.4) is 0 Å². The van der Waals surface area contributed by atoms with Crippen LogP contribution >= 0.6 is 0 Å². The first-order valence-electron chi connectivity index (χ1n) is 7.95. The molecule has 0 spiro atoms. The van der Waals surface area contributed by atoms with Crippen molar-refractivity contribution in [3.05, 3.63) is 0 Å². The zero-order chi connectivity index (χ0) is 13.2. The molecular formula is C15H28N2O2. The quantitative estimate of drug-likeness (QED) is 0.839. The number of nitrogens with one attached hydrogen (secondary N) is 1. The van der Waals surface area contributed by atoms with Crippen LogP contribution in [0, 0.1) is 0 Å². The molecule has 1 N–H and O–H groups in total. The Morgan fingerprint density at radius 2 is 2.00 bits per heavy atom. The Morgan fingerprint density at radius 1 is 1.21 bits per heavy atom. The molecule has 0 bridgehead atoms. The van der Waals surface area contributed by atoms with Gasteiger partial charge in [-0.2, -0.15) is 0 Å². The highest BCUT2D eigenvalue weighted by Crippen LogP contribution is 2.23. The summed E-state index contributed by atoms with van der Waals surface area (Å²) in [5.74, 6) is 0. The van der Waals surface area contributed by atoms with Gasteiger partial charge in [-0.1, -0.05) is 0 Å². The van der Waals surface area contributed by atoms with Gasteiger partial charge in [-0.3, -0.25) is 4.90 Å². The standard InChI is InChI=1S/C15H28N2O2/c1-11-6-13(7-12(2)19-11)16-8-15-9-17-5-3-4-14(17)10-18-15/h11-16H,3-10H2,1-2H3. The number of hydrogen-bond acceptors (Lipinski definition) is 4. The summed E-state index contributed by atoms with van der Waals surface area (Å²) in [6.07, 6.45) is 6.08. The first-order valence-corrected chi connectivity index (χ1v) is 7.95. The molecule has 3 fully saturated rings. The first-order chi connectivity index (χ1) is 9.20. The van der Waals surface area contributed by atoms with Crippen LogP contribution in [0.15, 0.2) is 0 Å². The summed E-state index contributed by atoms with van der Waals surface area (Å²) >= 11 is 0. The van der Waals surface area contributed by atoms with Gasteiger partial charge in [0.05, 0.1) is 24.9 Å². The Morgan fingerprint density at radius 3 is 2.79 bits per heavy atom. The largest absolute Gasteiger partial charge is 0.375 e. The van der Waals surface area contributed by atoms with Crippen LogP contribution in [0.1, 0.15) is 39.5 Å². The predicted molar refractivity (Wildman–Crippen MR) is 75.4 cm³/mol. The molecule has 110 valence electrons. The van der Waals surface area contributed by atoms with Crippen molar-refractivity contribution in [3.63, 3.8) is 0 Å². The molecule has 3 aliphatic rings. The number of morpholine rings is 1. The van der Waals surface area contributed by atoms with Gasteiger partial charge in [0, 0.05) is 25.2 Å². The fourth-order valence-corrected chi connectivity index (χ4v) is 3.88. The third kappa shape index (κ3) is 3.48. The van der Waals surface area contributed by atoms with Crippen molar-refractivity contribution < 1.29 is 9.47 Å². The lowest BCUT2D eigenvalue weighted by Gasteiger charge is -2.37. The number of ether oxygens (including phenoxy) is 2.